The molecule has 3 amide bonds. The third kappa shape index (κ3) is 7.36. The Labute approximate surface area is 209 Å². The summed E-state index contributed by atoms with van der Waals surface area (Å²) in [6, 6.07) is 16.0. The van der Waals surface area contributed by atoms with E-state index in [1.54, 1.807) is 26.8 Å². The van der Waals surface area contributed by atoms with Gasteiger partial charge in [-0.25, -0.2) is 14.2 Å². The van der Waals surface area contributed by atoms with E-state index in [9.17, 15) is 18.8 Å². The number of pyridine rings is 1. The van der Waals surface area contributed by atoms with Gasteiger partial charge in [0.1, 0.15) is 17.1 Å². The minimum atomic E-state index is -0.789. The predicted octanol–water partition coefficient (Wildman–Crippen LogP) is 5.95. The summed E-state index contributed by atoms with van der Waals surface area (Å²) in [6.45, 7) is 7.03. The maximum absolute atomic E-state index is 13.8. The van der Waals surface area contributed by atoms with Crippen LogP contribution < -0.4 is 16.0 Å². The number of halogens is 1. The lowest BCUT2D eigenvalue weighted by Gasteiger charge is -2.20. The van der Waals surface area contributed by atoms with Crippen LogP contribution in [0.4, 0.5) is 26.2 Å². The molecule has 8 nitrogen and oxygen atoms in total. The SMILES string of the molecule is CC[C@@H](C(=O)Nc1ccc(C(=O)Nc2ccc(F)cc2NC(=O)OC(C)(C)C)nc1)c1ccccc1. The molecule has 0 unspecified atom stereocenters. The Hall–Kier alpha value is -4.27. The number of nitrogens with zero attached hydrogens (tertiary/aromatic N) is 1. The minimum Gasteiger partial charge on any atom is -0.444 e. The summed E-state index contributed by atoms with van der Waals surface area (Å²) in [7, 11) is 0. The van der Waals surface area contributed by atoms with Gasteiger partial charge in [-0.3, -0.25) is 14.9 Å². The van der Waals surface area contributed by atoms with Gasteiger partial charge in [0.25, 0.3) is 5.91 Å². The number of carbonyl (C=O) groups excluding carboxylic acids is 3. The molecular formula is C27H29FN4O4. The van der Waals surface area contributed by atoms with Gasteiger partial charge in [-0.05, 0) is 63.1 Å². The fraction of sp³-hybridized carbons (Fsp3) is 0.259. The Morgan fingerprint density at radius 1 is 0.944 bits per heavy atom. The third-order valence-corrected chi connectivity index (χ3v) is 5.06. The van der Waals surface area contributed by atoms with Crippen LogP contribution in [0.5, 0.6) is 0 Å². The Bertz CT molecular complexity index is 1220. The highest BCUT2D eigenvalue weighted by atomic mass is 19.1. The Morgan fingerprint density at radius 2 is 1.67 bits per heavy atom. The predicted molar refractivity (Wildman–Crippen MR) is 137 cm³/mol. The summed E-state index contributed by atoms with van der Waals surface area (Å²) in [5, 5.41) is 7.87. The zero-order valence-corrected chi connectivity index (χ0v) is 20.6. The quantitative estimate of drug-likeness (QED) is 0.377. The van der Waals surface area contributed by atoms with Crippen LogP contribution in [0.25, 0.3) is 0 Å². The molecule has 9 heteroatoms. The molecule has 3 aromatic rings. The summed E-state index contributed by atoms with van der Waals surface area (Å²) in [4.78, 5) is 41.7. The molecule has 0 saturated carbocycles. The summed E-state index contributed by atoms with van der Waals surface area (Å²) < 4.78 is 19.0. The first-order valence-corrected chi connectivity index (χ1v) is 11.5. The van der Waals surface area contributed by atoms with Crippen molar-refractivity contribution < 1.29 is 23.5 Å². The summed E-state index contributed by atoms with van der Waals surface area (Å²) in [5.74, 6) is -1.67. The zero-order chi connectivity index (χ0) is 26.3. The molecule has 36 heavy (non-hydrogen) atoms. The van der Waals surface area contributed by atoms with Crippen LogP contribution in [-0.4, -0.2) is 28.5 Å². The van der Waals surface area contributed by atoms with Crippen LogP contribution >= 0.6 is 0 Å². The molecule has 0 aliphatic heterocycles. The van der Waals surface area contributed by atoms with Crippen molar-refractivity contribution in [2.45, 2.75) is 45.6 Å². The average molecular weight is 493 g/mol. The van der Waals surface area contributed by atoms with Crippen molar-refractivity contribution in [3.8, 4) is 0 Å². The van der Waals surface area contributed by atoms with E-state index in [1.807, 2.05) is 37.3 Å². The van der Waals surface area contributed by atoms with Gasteiger partial charge in [-0.2, -0.15) is 0 Å². The molecule has 1 heterocycles. The van der Waals surface area contributed by atoms with Gasteiger partial charge in [-0.15, -0.1) is 0 Å². The lowest BCUT2D eigenvalue weighted by Crippen LogP contribution is -2.27. The third-order valence-electron chi connectivity index (χ3n) is 5.06. The van der Waals surface area contributed by atoms with Crippen LogP contribution in [0, 0.1) is 5.82 Å². The Morgan fingerprint density at radius 3 is 2.28 bits per heavy atom. The van der Waals surface area contributed by atoms with Gasteiger partial charge >= 0.3 is 6.09 Å². The first-order valence-electron chi connectivity index (χ1n) is 11.5. The van der Waals surface area contributed by atoms with Gasteiger partial charge in [0.2, 0.25) is 5.91 Å². The first-order chi connectivity index (χ1) is 17.1. The highest BCUT2D eigenvalue weighted by molar-refractivity contribution is 6.06. The average Bonchev–Trinajstić information content (AvgIpc) is 2.81. The van der Waals surface area contributed by atoms with Crippen LogP contribution in [0.1, 0.15) is 56.1 Å². The fourth-order valence-electron chi connectivity index (χ4n) is 3.42. The Balaban J connectivity index is 1.68. The summed E-state index contributed by atoms with van der Waals surface area (Å²) in [5.41, 5.74) is 0.875. The largest absolute Gasteiger partial charge is 0.444 e. The number of carbonyl (C=O) groups is 3. The first kappa shape index (κ1) is 26.3. The smallest absolute Gasteiger partial charge is 0.412 e. The van der Waals surface area contributed by atoms with E-state index >= 15 is 0 Å². The van der Waals surface area contributed by atoms with Gasteiger partial charge in [-0.1, -0.05) is 37.3 Å². The molecule has 1 atom stereocenters. The van der Waals surface area contributed by atoms with E-state index in [1.165, 1.54) is 18.3 Å². The maximum atomic E-state index is 13.8. The number of ether oxygens (including phenoxy) is 1. The molecule has 0 fully saturated rings. The van der Waals surface area contributed by atoms with Crippen LogP contribution in [0.3, 0.4) is 0 Å². The van der Waals surface area contributed by atoms with Crippen molar-refractivity contribution in [3.63, 3.8) is 0 Å². The molecule has 3 rings (SSSR count). The maximum Gasteiger partial charge on any atom is 0.412 e. The highest BCUT2D eigenvalue weighted by Gasteiger charge is 2.20. The van der Waals surface area contributed by atoms with Crippen LogP contribution in [0.2, 0.25) is 0 Å². The van der Waals surface area contributed by atoms with Crippen molar-refractivity contribution >= 4 is 35.0 Å². The monoisotopic (exact) mass is 492 g/mol. The Kier molecular flexibility index (Phi) is 8.37. The normalized spacial score (nSPS) is 11.8. The number of nitrogens with one attached hydrogen (secondary N) is 3. The molecule has 0 spiro atoms. The van der Waals surface area contributed by atoms with Crippen molar-refractivity contribution in [1.82, 2.24) is 4.98 Å². The lowest BCUT2D eigenvalue weighted by atomic mass is 9.95. The van der Waals surface area contributed by atoms with E-state index in [-0.39, 0.29) is 28.9 Å². The van der Waals surface area contributed by atoms with Gasteiger partial charge in [0, 0.05) is 0 Å². The van der Waals surface area contributed by atoms with Crippen molar-refractivity contribution in [2.24, 2.45) is 0 Å². The molecule has 188 valence electrons. The zero-order valence-electron chi connectivity index (χ0n) is 20.6. The molecule has 0 radical (unpaired) electrons. The van der Waals surface area contributed by atoms with Crippen molar-refractivity contribution in [1.29, 1.82) is 0 Å². The van der Waals surface area contributed by atoms with E-state index in [2.05, 4.69) is 20.9 Å². The number of amides is 3. The number of anilines is 3. The second kappa shape index (κ2) is 11.4. The standard InChI is InChI=1S/C27H29FN4O4/c1-5-20(17-9-7-6-8-10-17)24(33)30-19-12-14-22(29-16-19)25(34)31-21-13-11-18(28)15-23(21)32-26(35)36-27(2,3)4/h6-16,20H,5H2,1-4H3,(H,30,33)(H,31,34)(H,32,35)/t20-/m1/s1. The number of hydrogen-bond acceptors (Lipinski definition) is 5. The molecule has 3 N–H and O–H groups in total. The number of rotatable bonds is 7. The van der Waals surface area contributed by atoms with Crippen LogP contribution in [-0.2, 0) is 9.53 Å². The molecule has 0 aliphatic carbocycles. The second-order valence-electron chi connectivity index (χ2n) is 9.06. The van der Waals surface area contributed by atoms with Crippen molar-refractivity contribution in [3.05, 3.63) is 83.9 Å². The number of benzene rings is 2. The summed E-state index contributed by atoms with van der Waals surface area (Å²) in [6.07, 6.45) is 1.22. The van der Waals surface area contributed by atoms with E-state index in [0.717, 1.165) is 17.7 Å². The molecule has 0 aliphatic rings. The van der Waals surface area contributed by atoms with Gasteiger partial charge in [0.15, 0.2) is 0 Å². The van der Waals surface area contributed by atoms with Gasteiger partial charge in [0.05, 0.1) is 29.2 Å². The van der Waals surface area contributed by atoms with Crippen molar-refractivity contribution in [2.75, 3.05) is 16.0 Å². The second-order valence-corrected chi connectivity index (χ2v) is 9.06. The summed E-state index contributed by atoms with van der Waals surface area (Å²) >= 11 is 0. The van der Waals surface area contributed by atoms with E-state index in [0.29, 0.717) is 12.1 Å². The van der Waals surface area contributed by atoms with Crippen LogP contribution in [0.15, 0.2) is 66.9 Å². The fourth-order valence-corrected chi connectivity index (χ4v) is 3.42. The minimum absolute atomic E-state index is 0.0352. The molecule has 1 aromatic heterocycles. The molecule has 2 aromatic carbocycles. The topological polar surface area (TPSA) is 109 Å². The molecular weight excluding hydrogens is 463 g/mol. The number of aromatic nitrogens is 1. The van der Waals surface area contributed by atoms with E-state index < -0.39 is 23.4 Å². The van der Waals surface area contributed by atoms with Gasteiger partial charge < -0.3 is 15.4 Å². The molecule has 0 bridgehead atoms. The lowest BCUT2D eigenvalue weighted by molar-refractivity contribution is -0.117. The number of hydrogen-bond donors (Lipinski definition) is 3. The molecule has 0 saturated heterocycles. The highest BCUT2D eigenvalue weighted by Crippen LogP contribution is 2.25. The van der Waals surface area contributed by atoms with E-state index in [4.69, 9.17) is 4.74 Å².